The van der Waals surface area contributed by atoms with E-state index in [1.165, 1.54) is 4.31 Å². The molecule has 0 aliphatic carbocycles. The lowest BCUT2D eigenvalue weighted by atomic mass is 10.1. The van der Waals surface area contributed by atoms with Crippen molar-refractivity contribution >= 4 is 33.4 Å². The number of nitrogens with zero attached hydrogens (tertiary/aromatic N) is 1. The molecule has 0 bridgehead atoms. The highest BCUT2D eigenvalue weighted by atomic mass is 32.2. The fraction of sp³-hybridized carbons (Fsp3) is 0.632. The lowest BCUT2D eigenvalue weighted by Gasteiger charge is -2.30. The second kappa shape index (κ2) is 9.13. The first-order chi connectivity index (χ1) is 11.9. The lowest BCUT2D eigenvalue weighted by molar-refractivity contribution is -0.122. The topological polar surface area (TPSA) is 66.5 Å². The predicted molar refractivity (Wildman–Crippen MR) is 113 cm³/mol. The number of rotatable bonds is 8. The number of amides is 1. The Bertz CT molecular complexity index is 725. The Hall–Kier alpha value is -1.21. The minimum Gasteiger partial charge on any atom is -0.353 e. The zero-order valence-electron chi connectivity index (χ0n) is 16.9. The molecular formula is C19H32N2O3S2. The van der Waals surface area contributed by atoms with E-state index in [0.717, 1.165) is 23.1 Å². The van der Waals surface area contributed by atoms with Crippen LogP contribution in [0.2, 0.25) is 0 Å². The third kappa shape index (κ3) is 6.83. The average molecular weight is 401 g/mol. The largest absolute Gasteiger partial charge is 0.353 e. The van der Waals surface area contributed by atoms with Crippen LogP contribution in [-0.4, -0.2) is 43.7 Å². The molecule has 1 unspecified atom stereocenters. The molecule has 0 saturated heterocycles. The third-order valence-corrected chi connectivity index (χ3v) is 6.47. The third-order valence-electron chi connectivity index (χ3n) is 4.01. The number of anilines is 1. The highest BCUT2D eigenvalue weighted by Gasteiger charge is 2.31. The van der Waals surface area contributed by atoms with Crippen LogP contribution in [0.3, 0.4) is 0 Å². The average Bonchev–Trinajstić information content (AvgIpc) is 2.49. The van der Waals surface area contributed by atoms with Gasteiger partial charge in [0.1, 0.15) is 6.04 Å². The van der Waals surface area contributed by atoms with Gasteiger partial charge in [0.15, 0.2) is 0 Å². The Morgan fingerprint density at radius 3 is 2.31 bits per heavy atom. The Labute approximate surface area is 163 Å². The summed E-state index contributed by atoms with van der Waals surface area (Å²) in [7, 11) is -3.59. The van der Waals surface area contributed by atoms with Crippen molar-refractivity contribution in [3.63, 3.8) is 0 Å². The fourth-order valence-electron chi connectivity index (χ4n) is 2.57. The van der Waals surface area contributed by atoms with Gasteiger partial charge in [-0.3, -0.25) is 9.10 Å². The van der Waals surface area contributed by atoms with Gasteiger partial charge in [0.2, 0.25) is 15.9 Å². The van der Waals surface area contributed by atoms with Crippen LogP contribution >= 0.6 is 11.8 Å². The van der Waals surface area contributed by atoms with E-state index in [9.17, 15) is 13.2 Å². The molecule has 0 fully saturated rings. The molecule has 0 aliphatic heterocycles. The molecule has 0 spiro atoms. The van der Waals surface area contributed by atoms with E-state index in [4.69, 9.17) is 0 Å². The van der Waals surface area contributed by atoms with E-state index in [2.05, 4.69) is 26.1 Å². The Morgan fingerprint density at radius 1 is 1.23 bits per heavy atom. The molecule has 1 aromatic rings. The van der Waals surface area contributed by atoms with E-state index < -0.39 is 16.1 Å². The maximum absolute atomic E-state index is 12.7. The fourth-order valence-corrected chi connectivity index (χ4v) is 4.59. The molecule has 0 heterocycles. The van der Waals surface area contributed by atoms with Gasteiger partial charge in [0.25, 0.3) is 0 Å². The zero-order valence-corrected chi connectivity index (χ0v) is 18.6. The Kier molecular flexibility index (Phi) is 8.02. The summed E-state index contributed by atoms with van der Waals surface area (Å²) in [5.74, 6) is 0.527. The predicted octanol–water partition coefficient (Wildman–Crippen LogP) is 3.50. The standard InChI is InChI=1S/C19H32N2O3S2/c1-8-17(18(22)20-11-12-25-19(4,5)6)21(26(7,23)24)16-10-9-14(2)15(3)13-16/h9-10,13,17H,8,11-12H2,1-7H3,(H,20,22). The minimum atomic E-state index is -3.59. The molecule has 1 aromatic carbocycles. The molecule has 7 heteroatoms. The number of hydrogen-bond acceptors (Lipinski definition) is 4. The number of carbonyl (C=O) groups is 1. The molecule has 1 rings (SSSR count). The first kappa shape index (κ1) is 22.8. The van der Waals surface area contributed by atoms with Gasteiger partial charge >= 0.3 is 0 Å². The molecule has 5 nitrogen and oxygen atoms in total. The first-order valence-electron chi connectivity index (χ1n) is 8.85. The van der Waals surface area contributed by atoms with Gasteiger partial charge in [-0.2, -0.15) is 11.8 Å². The van der Waals surface area contributed by atoms with Crippen LogP contribution in [0.25, 0.3) is 0 Å². The highest BCUT2D eigenvalue weighted by molar-refractivity contribution is 8.00. The summed E-state index contributed by atoms with van der Waals surface area (Å²) in [6.45, 7) is 12.6. The molecular weight excluding hydrogens is 368 g/mol. The summed E-state index contributed by atoms with van der Waals surface area (Å²) in [4.78, 5) is 12.7. The van der Waals surface area contributed by atoms with Gasteiger partial charge in [-0.25, -0.2) is 8.42 Å². The number of nitrogens with one attached hydrogen (secondary N) is 1. The van der Waals surface area contributed by atoms with Crippen LogP contribution in [0.1, 0.15) is 45.2 Å². The van der Waals surface area contributed by atoms with Crippen LogP contribution in [-0.2, 0) is 14.8 Å². The summed E-state index contributed by atoms with van der Waals surface area (Å²) in [6, 6.07) is 4.70. The summed E-state index contributed by atoms with van der Waals surface area (Å²) >= 11 is 1.76. The van der Waals surface area contributed by atoms with E-state index >= 15 is 0 Å². The molecule has 148 valence electrons. The van der Waals surface area contributed by atoms with Gasteiger partial charge in [0.05, 0.1) is 11.9 Å². The molecule has 0 aliphatic rings. The van der Waals surface area contributed by atoms with Crippen LogP contribution < -0.4 is 9.62 Å². The Balaban J connectivity index is 2.99. The van der Waals surface area contributed by atoms with Crippen molar-refractivity contribution in [1.82, 2.24) is 5.32 Å². The smallest absolute Gasteiger partial charge is 0.243 e. The van der Waals surface area contributed by atoms with Gasteiger partial charge in [0, 0.05) is 17.0 Å². The van der Waals surface area contributed by atoms with E-state index in [0.29, 0.717) is 18.7 Å². The SMILES string of the molecule is CCC(C(=O)NCCSC(C)(C)C)N(c1ccc(C)c(C)c1)S(C)(=O)=O. The monoisotopic (exact) mass is 400 g/mol. The van der Waals surface area contributed by atoms with Crippen LogP contribution in [0, 0.1) is 13.8 Å². The number of benzene rings is 1. The summed E-state index contributed by atoms with van der Waals surface area (Å²) in [6.07, 6.45) is 1.55. The van der Waals surface area contributed by atoms with Crippen molar-refractivity contribution in [1.29, 1.82) is 0 Å². The maximum atomic E-state index is 12.7. The summed E-state index contributed by atoms with van der Waals surface area (Å²) in [5, 5.41) is 2.89. The van der Waals surface area contributed by atoms with Crippen LogP contribution in [0.5, 0.6) is 0 Å². The molecule has 0 aromatic heterocycles. The first-order valence-corrected chi connectivity index (χ1v) is 11.7. The Morgan fingerprint density at radius 2 is 1.85 bits per heavy atom. The number of aryl methyl sites for hydroxylation is 2. The number of hydrogen-bond donors (Lipinski definition) is 1. The molecule has 1 amide bonds. The molecule has 1 N–H and O–H groups in total. The quantitative estimate of drug-likeness (QED) is 0.678. The summed E-state index contributed by atoms with van der Waals surface area (Å²) < 4.78 is 26.2. The number of thioether (sulfide) groups is 1. The molecule has 0 radical (unpaired) electrons. The lowest BCUT2D eigenvalue weighted by Crippen LogP contribution is -2.49. The van der Waals surface area contributed by atoms with Crippen molar-refractivity contribution in [3.05, 3.63) is 29.3 Å². The van der Waals surface area contributed by atoms with Crippen molar-refractivity contribution < 1.29 is 13.2 Å². The van der Waals surface area contributed by atoms with Crippen LogP contribution in [0.15, 0.2) is 18.2 Å². The summed E-state index contributed by atoms with van der Waals surface area (Å²) in [5.41, 5.74) is 2.61. The van der Waals surface area contributed by atoms with E-state index in [-0.39, 0.29) is 10.7 Å². The molecule has 26 heavy (non-hydrogen) atoms. The minimum absolute atomic E-state index is 0.132. The second-order valence-electron chi connectivity index (χ2n) is 7.50. The van der Waals surface area contributed by atoms with Crippen molar-refractivity contribution in [2.24, 2.45) is 0 Å². The van der Waals surface area contributed by atoms with Gasteiger partial charge in [-0.15, -0.1) is 0 Å². The van der Waals surface area contributed by atoms with Crippen molar-refractivity contribution in [2.45, 2.75) is 58.8 Å². The molecule has 0 saturated carbocycles. The van der Waals surface area contributed by atoms with Crippen LogP contribution in [0.4, 0.5) is 5.69 Å². The van der Waals surface area contributed by atoms with Gasteiger partial charge < -0.3 is 5.32 Å². The number of sulfonamides is 1. The second-order valence-corrected chi connectivity index (χ2v) is 11.3. The van der Waals surface area contributed by atoms with E-state index in [1.54, 1.807) is 17.8 Å². The van der Waals surface area contributed by atoms with Gasteiger partial charge in [-0.1, -0.05) is 33.8 Å². The normalized spacial score (nSPS) is 13.3. The maximum Gasteiger partial charge on any atom is 0.243 e. The number of carbonyl (C=O) groups excluding carboxylic acids is 1. The van der Waals surface area contributed by atoms with Crippen molar-refractivity contribution in [3.8, 4) is 0 Å². The molecule has 1 atom stereocenters. The zero-order chi connectivity index (χ0) is 20.1. The van der Waals surface area contributed by atoms with Crippen molar-refractivity contribution in [2.75, 3.05) is 22.9 Å². The highest BCUT2D eigenvalue weighted by Crippen LogP contribution is 2.25. The van der Waals surface area contributed by atoms with E-state index in [1.807, 2.05) is 32.9 Å². The van der Waals surface area contributed by atoms with Gasteiger partial charge in [-0.05, 0) is 43.5 Å².